The Morgan fingerprint density at radius 1 is 0.952 bits per heavy atom. The molecule has 0 radical (unpaired) electrons. The standard InChI is InChI=1S/C20H43N/c1-9-12-18(5)20(6,16-21(7)8)14-13-17(4)15-19(10-2)11-3/h17-19H,9-16H2,1-8H3. The average molecular weight is 298 g/mol. The van der Waals surface area contributed by atoms with Crippen molar-refractivity contribution in [3.05, 3.63) is 0 Å². The van der Waals surface area contributed by atoms with Crippen LogP contribution in [0.2, 0.25) is 0 Å². The maximum atomic E-state index is 2.52. The Balaban J connectivity index is 4.53. The topological polar surface area (TPSA) is 3.24 Å². The molecule has 0 bridgehead atoms. The van der Waals surface area contributed by atoms with Crippen LogP contribution in [-0.4, -0.2) is 25.5 Å². The minimum absolute atomic E-state index is 0.474. The summed E-state index contributed by atoms with van der Waals surface area (Å²) in [7, 11) is 4.45. The minimum Gasteiger partial charge on any atom is -0.309 e. The summed E-state index contributed by atoms with van der Waals surface area (Å²) >= 11 is 0. The van der Waals surface area contributed by atoms with E-state index in [1.165, 1.54) is 51.5 Å². The van der Waals surface area contributed by atoms with Crippen molar-refractivity contribution >= 4 is 0 Å². The molecule has 128 valence electrons. The first kappa shape index (κ1) is 21.0. The van der Waals surface area contributed by atoms with Crippen molar-refractivity contribution in [2.75, 3.05) is 20.6 Å². The molecule has 0 aliphatic carbocycles. The molecule has 0 aromatic rings. The van der Waals surface area contributed by atoms with Crippen molar-refractivity contribution in [2.24, 2.45) is 23.2 Å². The minimum atomic E-state index is 0.474. The zero-order chi connectivity index (χ0) is 16.5. The van der Waals surface area contributed by atoms with Crippen LogP contribution in [0.25, 0.3) is 0 Å². The van der Waals surface area contributed by atoms with E-state index < -0.39 is 0 Å². The molecule has 0 heterocycles. The van der Waals surface area contributed by atoms with Gasteiger partial charge in [-0.25, -0.2) is 0 Å². The fraction of sp³-hybridized carbons (Fsp3) is 1.00. The summed E-state index contributed by atoms with van der Waals surface area (Å²) < 4.78 is 0. The molecular weight excluding hydrogens is 254 g/mol. The van der Waals surface area contributed by atoms with E-state index in [1.54, 1.807) is 0 Å². The third-order valence-electron chi connectivity index (χ3n) is 5.69. The number of nitrogens with zero attached hydrogens (tertiary/aromatic N) is 1. The monoisotopic (exact) mass is 297 g/mol. The molecule has 0 aliphatic heterocycles. The van der Waals surface area contributed by atoms with E-state index in [2.05, 4.69) is 60.5 Å². The van der Waals surface area contributed by atoms with E-state index in [-0.39, 0.29) is 0 Å². The molecule has 3 atom stereocenters. The zero-order valence-corrected chi connectivity index (χ0v) is 16.3. The number of rotatable bonds is 12. The van der Waals surface area contributed by atoms with Gasteiger partial charge in [-0.15, -0.1) is 0 Å². The molecule has 0 aromatic heterocycles. The van der Waals surface area contributed by atoms with Crippen molar-refractivity contribution in [2.45, 2.75) is 86.5 Å². The average Bonchev–Trinajstić information content (AvgIpc) is 2.42. The highest BCUT2D eigenvalue weighted by Crippen LogP contribution is 2.38. The third kappa shape index (κ3) is 8.24. The molecule has 0 spiro atoms. The molecule has 0 N–H and O–H groups in total. The van der Waals surface area contributed by atoms with Crippen molar-refractivity contribution in [1.29, 1.82) is 0 Å². The van der Waals surface area contributed by atoms with Crippen LogP contribution in [0.4, 0.5) is 0 Å². The molecule has 0 fully saturated rings. The van der Waals surface area contributed by atoms with E-state index in [1.807, 2.05) is 0 Å². The van der Waals surface area contributed by atoms with Gasteiger partial charge < -0.3 is 4.90 Å². The van der Waals surface area contributed by atoms with Gasteiger partial charge in [0.25, 0.3) is 0 Å². The summed E-state index contributed by atoms with van der Waals surface area (Å²) in [6.45, 7) is 15.7. The summed E-state index contributed by atoms with van der Waals surface area (Å²) in [5, 5.41) is 0. The summed E-state index contributed by atoms with van der Waals surface area (Å²) in [5.74, 6) is 2.64. The molecule has 1 heteroatoms. The number of hydrogen-bond acceptors (Lipinski definition) is 1. The fourth-order valence-electron chi connectivity index (χ4n) is 3.87. The Bertz CT molecular complexity index is 244. The quantitative estimate of drug-likeness (QED) is 0.412. The lowest BCUT2D eigenvalue weighted by molar-refractivity contribution is 0.110. The van der Waals surface area contributed by atoms with Gasteiger partial charge in [0.1, 0.15) is 0 Å². The Morgan fingerprint density at radius 3 is 1.95 bits per heavy atom. The largest absolute Gasteiger partial charge is 0.309 e. The highest BCUT2D eigenvalue weighted by Gasteiger charge is 2.31. The second-order valence-corrected chi connectivity index (χ2v) is 8.14. The van der Waals surface area contributed by atoms with E-state index >= 15 is 0 Å². The molecule has 0 aliphatic rings. The van der Waals surface area contributed by atoms with E-state index in [0.717, 1.165) is 17.8 Å². The van der Waals surface area contributed by atoms with Crippen molar-refractivity contribution in [3.63, 3.8) is 0 Å². The summed E-state index contributed by atoms with van der Waals surface area (Å²) in [4.78, 5) is 2.39. The molecule has 1 nitrogen and oxygen atoms in total. The smallest absolute Gasteiger partial charge is 0.00318 e. The van der Waals surface area contributed by atoms with Crippen LogP contribution in [-0.2, 0) is 0 Å². The van der Waals surface area contributed by atoms with Crippen LogP contribution in [0, 0.1) is 23.2 Å². The molecule has 0 saturated heterocycles. The van der Waals surface area contributed by atoms with Gasteiger partial charge in [0.15, 0.2) is 0 Å². The zero-order valence-electron chi connectivity index (χ0n) is 16.3. The van der Waals surface area contributed by atoms with Crippen molar-refractivity contribution in [1.82, 2.24) is 4.90 Å². The summed E-state index contributed by atoms with van der Waals surface area (Å²) in [5.41, 5.74) is 0.474. The Morgan fingerprint density at radius 2 is 1.52 bits per heavy atom. The van der Waals surface area contributed by atoms with E-state index in [9.17, 15) is 0 Å². The van der Waals surface area contributed by atoms with Gasteiger partial charge in [-0.05, 0) is 50.1 Å². The van der Waals surface area contributed by atoms with Gasteiger partial charge in [0, 0.05) is 6.54 Å². The van der Waals surface area contributed by atoms with Gasteiger partial charge in [0.05, 0.1) is 0 Å². The predicted molar refractivity (Wildman–Crippen MR) is 97.8 cm³/mol. The van der Waals surface area contributed by atoms with E-state index in [0.29, 0.717) is 5.41 Å². The maximum absolute atomic E-state index is 2.52. The number of hydrogen-bond donors (Lipinski definition) is 0. The first-order valence-electron chi connectivity index (χ1n) is 9.43. The van der Waals surface area contributed by atoms with Crippen molar-refractivity contribution in [3.8, 4) is 0 Å². The summed E-state index contributed by atoms with van der Waals surface area (Å²) in [6.07, 6.45) is 9.58. The van der Waals surface area contributed by atoms with Gasteiger partial charge in [-0.1, -0.05) is 73.6 Å². The van der Waals surface area contributed by atoms with Crippen LogP contribution >= 0.6 is 0 Å². The highest BCUT2D eigenvalue weighted by molar-refractivity contribution is 4.83. The van der Waals surface area contributed by atoms with Crippen molar-refractivity contribution < 1.29 is 0 Å². The van der Waals surface area contributed by atoms with Gasteiger partial charge in [-0.2, -0.15) is 0 Å². The molecule has 21 heavy (non-hydrogen) atoms. The van der Waals surface area contributed by atoms with Crippen LogP contribution in [0.15, 0.2) is 0 Å². The Hall–Kier alpha value is -0.0400. The molecule has 0 rings (SSSR count). The van der Waals surface area contributed by atoms with Crippen LogP contribution in [0.5, 0.6) is 0 Å². The molecule has 0 amide bonds. The van der Waals surface area contributed by atoms with E-state index in [4.69, 9.17) is 0 Å². The third-order valence-corrected chi connectivity index (χ3v) is 5.69. The van der Waals surface area contributed by atoms with Gasteiger partial charge in [-0.3, -0.25) is 0 Å². The summed E-state index contributed by atoms with van der Waals surface area (Å²) in [6, 6.07) is 0. The van der Waals surface area contributed by atoms with Crippen LogP contribution in [0.3, 0.4) is 0 Å². The predicted octanol–water partition coefficient (Wildman–Crippen LogP) is 6.23. The highest BCUT2D eigenvalue weighted by atomic mass is 15.1. The van der Waals surface area contributed by atoms with Gasteiger partial charge in [0.2, 0.25) is 0 Å². The van der Waals surface area contributed by atoms with Crippen LogP contribution in [0.1, 0.15) is 86.5 Å². The first-order chi connectivity index (χ1) is 9.78. The normalized spacial score (nSPS) is 18.0. The lowest BCUT2D eigenvalue weighted by Gasteiger charge is -2.39. The second-order valence-electron chi connectivity index (χ2n) is 8.14. The molecule has 0 saturated carbocycles. The van der Waals surface area contributed by atoms with Crippen LogP contribution < -0.4 is 0 Å². The molecular formula is C20H43N. The van der Waals surface area contributed by atoms with Gasteiger partial charge >= 0.3 is 0 Å². The lowest BCUT2D eigenvalue weighted by Crippen LogP contribution is -2.37. The second kappa shape index (κ2) is 10.6. The lowest BCUT2D eigenvalue weighted by atomic mass is 9.71. The first-order valence-corrected chi connectivity index (χ1v) is 9.43. The Labute approximate surface area is 135 Å². The Kier molecular flexibility index (Phi) is 10.6. The maximum Gasteiger partial charge on any atom is 0.00318 e. The SMILES string of the molecule is CCCC(C)C(C)(CCC(C)CC(CC)CC)CN(C)C. The molecule has 3 unspecified atom stereocenters. The fourth-order valence-corrected chi connectivity index (χ4v) is 3.87. The molecule has 0 aromatic carbocycles.